The van der Waals surface area contributed by atoms with Gasteiger partial charge in [-0.15, -0.1) is 0 Å². The lowest BCUT2D eigenvalue weighted by Crippen LogP contribution is -2.41. The molecular weight excluding hydrogens is 318 g/mol. The van der Waals surface area contributed by atoms with E-state index in [1.165, 1.54) is 56.3 Å². The van der Waals surface area contributed by atoms with Crippen molar-refractivity contribution in [2.24, 2.45) is 29.6 Å². The molecule has 1 amide bonds. The van der Waals surface area contributed by atoms with Gasteiger partial charge in [0.15, 0.2) is 0 Å². The summed E-state index contributed by atoms with van der Waals surface area (Å²) in [7, 11) is 0. The maximum absolute atomic E-state index is 12.5. The summed E-state index contributed by atoms with van der Waals surface area (Å²) in [6.45, 7) is 1.02. The Morgan fingerprint density at radius 3 is 1.96 bits per heavy atom. The third-order valence-corrected chi connectivity index (χ3v) is 7.57. The summed E-state index contributed by atoms with van der Waals surface area (Å²) in [6.07, 6.45) is 11.6. The zero-order valence-corrected chi connectivity index (χ0v) is 15.1. The molecule has 5 unspecified atom stereocenters. The molecule has 1 heterocycles. The van der Waals surface area contributed by atoms with Crippen LogP contribution in [0.1, 0.15) is 64.2 Å². The second-order valence-corrected chi connectivity index (χ2v) is 8.65. The molecule has 4 fully saturated rings. The highest BCUT2D eigenvalue weighted by molar-refractivity contribution is 5.80. The molecule has 5 heteroatoms. The van der Waals surface area contributed by atoms with E-state index in [4.69, 9.17) is 4.74 Å². The highest BCUT2D eigenvalue weighted by atomic mass is 16.6. The van der Waals surface area contributed by atoms with Crippen molar-refractivity contribution in [1.29, 1.82) is 0 Å². The quantitative estimate of drug-likeness (QED) is 0.839. The Morgan fingerprint density at radius 1 is 0.840 bits per heavy atom. The zero-order chi connectivity index (χ0) is 17.4. The van der Waals surface area contributed by atoms with E-state index in [9.17, 15) is 14.7 Å². The van der Waals surface area contributed by atoms with E-state index in [1.807, 2.05) is 0 Å². The molecule has 0 spiro atoms. The Balaban J connectivity index is 1.41. The van der Waals surface area contributed by atoms with Gasteiger partial charge in [0, 0.05) is 6.54 Å². The van der Waals surface area contributed by atoms with Gasteiger partial charge in [-0.1, -0.05) is 25.7 Å². The van der Waals surface area contributed by atoms with E-state index in [0.29, 0.717) is 25.5 Å². The van der Waals surface area contributed by atoms with Gasteiger partial charge < -0.3 is 9.84 Å². The number of carbonyl (C=O) groups is 2. The van der Waals surface area contributed by atoms with Crippen LogP contribution >= 0.6 is 0 Å². The first-order chi connectivity index (χ1) is 12.2. The van der Waals surface area contributed by atoms with E-state index in [-0.39, 0.29) is 0 Å². The number of rotatable bonds is 3. The molecule has 0 radical (unpaired) electrons. The highest BCUT2D eigenvalue weighted by Crippen LogP contribution is 2.57. The average molecular weight is 349 g/mol. The number of fused-ring (bicyclic) bond motifs is 3. The van der Waals surface area contributed by atoms with Crippen LogP contribution in [0.15, 0.2) is 0 Å². The van der Waals surface area contributed by atoms with Gasteiger partial charge in [-0.25, -0.2) is 9.59 Å². The fourth-order valence-corrected chi connectivity index (χ4v) is 6.56. The van der Waals surface area contributed by atoms with Gasteiger partial charge in [0.1, 0.15) is 6.04 Å². The summed E-state index contributed by atoms with van der Waals surface area (Å²) in [6, 6.07) is -0.694. The SMILES string of the molecule is O=C(O)C1CCCN1C(=O)OCC1C2CCCCC2C2CCCCC21. The minimum Gasteiger partial charge on any atom is -0.480 e. The van der Waals surface area contributed by atoms with Crippen molar-refractivity contribution in [3.8, 4) is 0 Å². The van der Waals surface area contributed by atoms with Crippen molar-refractivity contribution in [2.45, 2.75) is 70.3 Å². The van der Waals surface area contributed by atoms with E-state index in [1.54, 1.807) is 0 Å². The van der Waals surface area contributed by atoms with Gasteiger partial charge in [-0.05, 0) is 68.1 Å². The molecule has 3 aliphatic carbocycles. The number of nitrogens with zero attached hydrogens (tertiary/aromatic N) is 1. The fraction of sp³-hybridized carbons (Fsp3) is 0.900. The van der Waals surface area contributed by atoms with Crippen molar-refractivity contribution in [3.63, 3.8) is 0 Å². The lowest BCUT2D eigenvalue weighted by atomic mass is 9.73. The predicted molar refractivity (Wildman–Crippen MR) is 93.1 cm³/mol. The smallest absolute Gasteiger partial charge is 0.410 e. The van der Waals surface area contributed by atoms with Gasteiger partial charge in [-0.3, -0.25) is 4.90 Å². The standard InChI is InChI=1S/C20H31NO4/c22-19(23)18-10-5-11-21(18)20(24)25-12-17-15-8-3-1-6-13(15)14-7-2-4-9-16(14)17/h13-18H,1-12H2,(H,22,23). The first-order valence-corrected chi connectivity index (χ1v) is 10.3. The average Bonchev–Trinajstić information content (AvgIpc) is 3.23. The summed E-state index contributed by atoms with van der Waals surface area (Å²) in [5.41, 5.74) is 0. The van der Waals surface area contributed by atoms with Gasteiger partial charge in [0.05, 0.1) is 6.61 Å². The van der Waals surface area contributed by atoms with Crippen LogP contribution in [0.5, 0.6) is 0 Å². The highest BCUT2D eigenvalue weighted by Gasteiger charge is 2.51. The maximum atomic E-state index is 12.5. The van der Waals surface area contributed by atoms with E-state index < -0.39 is 18.1 Å². The summed E-state index contributed by atoms with van der Waals surface area (Å²) in [4.78, 5) is 25.2. The van der Waals surface area contributed by atoms with Crippen molar-refractivity contribution >= 4 is 12.1 Å². The Bertz CT molecular complexity index is 500. The lowest BCUT2D eigenvalue weighted by Gasteiger charge is -2.32. The number of hydrogen-bond donors (Lipinski definition) is 1. The first-order valence-electron chi connectivity index (χ1n) is 10.3. The van der Waals surface area contributed by atoms with Gasteiger partial charge >= 0.3 is 12.1 Å². The van der Waals surface area contributed by atoms with Gasteiger partial charge in [0.25, 0.3) is 0 Å². The van der Waals surface area contributed by atoms with Crippen LogP contribution in [0.2, 0.25) is 0 Å². The molecule has 1 saturated heterocycles. The molecule has 140 valence electrons. The van der Waals surface area contributed by atoms with Gasteiger partial charge in [-0.2, -0.15) is 0 Å². The molecule has 4 rings (SSSR count). The Morgan fingerprint density at radius 2 is 1.40 bits per heavy atom. The second kappa shape index (κ2) is 7.16. The summed E-state index contributed by atoms with van der Waals surface area (Å²) < 4.78 is 5.71. The first kappa shape index (κ1) is 17.2. The molecule has 5 nitrogen and oxygen atoms in total. The minimum absolute atomic E-state index is 0.406. The third kappa shape index (κ3) is 3.15. The van der Waals surface area contributed by atoms with Crippen LogP contribution in [0, 0.1) is 29.6 Å². The minimum atomic E-state index is -0.907. The Labute approximate surface area is 150 Å². The number of amides is 1. The van der Waals surface area contributed by atoms with Crippen LogP contribution in [-0.2, 0) is 9.53 Å². The molecular formula is C20H31NO4. The van der Waals surface area contributed by atoms with Gasteiger partial charge in [0.2, 0.25) is 0 Å². The second-order valence-electron chi connectivity index (χ2n) is 8.65. The van der Waals surface area contributed by atoms with Crippen molar-refractivity contribution in [2.75, 3.05) is 13.2 Å². The molecule has 5 atom stereocenters. The van der Waals surface area contributed by atoms with Crippen LogP contribution in [-0.4, -0.2) is 41.3 Å². The fourth-order valence-electron chi connectivity index (χ4n) is 6.56. The molecule has 0 aromatic heterocycles. The number of carboxylic acids is 1. The third-order valence-electron chi connectivity index (χ3n) is 7.57. The lowest BCUT2D eigenvalue weighted by molar-refractivity contribution is -0.141. The number of ether oxygens (including phenoxy) is 1. The molecule has 0 aromatic rings. The molecule has 4 aliphatic rings. The van der Waals surface area contributed by atoms with E-state index >= 15 is 0 Å². The number of aliphatic carboxylic acids is 1. The van der Waals surface area contributed by atoms with Crippen LogP contribution in [0.25, 0.3) is 0 Å². The molecule has 0 aromatic carbocycles. The largest absolute Gasteiger partial charge is 0.480 e. The van der Waals surface area contributed by atoms with Crippen LogP contribution in [0.3, 0.4) is 0 Å². The molecule has 3 saturated carbocycles. The summed E-state index contributed by atoms with van der Waals surface area (Å²) in [5, 5.41) is 9.27. The molecule has 1 aliphatic heterocycles. The molecule has 25 heavy (non-hydrogen) atoms. The maximum Gasteiger partial charge on any atom is 0.410 e. The Hall–Kier alpha value is -1.26. The van der Waals surface area contributed by atoms with Crippen molar-refractivity contribution < 1.29 is 19.4 Å². The number of carboxylic acid groups (broad SMARTS) is 1. The summed E-state index contributed by atoms with van der Waals surface area (Å²) in [5.74, 6) is 2.75. The number of likely N-dealkylation sites (tertiary alicyclic amines) is 1. The summed E-state index contributed by atoms with van der Waals surface area (Å²) >= 11 is 0. The van der Waals surface area contributed by atoms with Crippen LogP contribution in [0.4, 0.5) is 4.79 Å². The van der Waals surface area contributed by atoms with Crippen LogP contribution < -0.4 is 0 Å². The van der Waals surface area contributed by atoms with E-state index in [2.05, 4.69) is 0 Å². The monoisotopic (exact) mass is 349 g/mol. The normalized spacial score (nSPS) is 40.4. The number of carbonyl (C=O) groups excluding carboxylic acids is 1. The number of hydrogen-bond acceptors (Lipinski definition) is 3. The predicted octanol–water partition coefficient (Wildman–Crippen LogP) is 3.91. The topological polar surface area (TPSA) is 66.8 Å². The molecule has 1 N–H and O–H groups in total. The Kier molecular flexibility index (Phi) is 4.92. The van der Waals surface area contributed by atoms with Crippen molar-refractivity contribution in [1.82, 2.24) is 4.90 Å². The van der Waals surface area contributed by atoms with Crippen molar-refractivity contribution in [3.05, 3.63) is 0 Å². The van der Waals surface area contributed by atoms with E-state index in [0.717, 1.165) is 30.1 Å². The zero-order valence-electron chi connectivity index (χ0n) is 15.1. The molecule has 0 bridgehead atoms.